The number of amides is 1. The highest BCUT2D eigenvalue weighted by Gasteiger charge is 2.30. The summed E-state index contributed by atoms with van der Waals surface area (Å²) in [5.41, 5.74) is 0. The Hall–Kier alpha value is -1.36. The van der Waals surface area contributed by atoms with Crippen molar-refractivity contribution in [2.45, 2.75) is 46.2 Å². The fraction of sp³-hybridized carbons (Fsp3) is 0.733. The van der Waals surface area contributed by atoms with Gasteiger partial charge >= 0.3 is 0 Å². The molecule has 5 heteroatoms. The molecule has 0 saturated carbocycles. The number of likely N-dealkylation sites (tertiary alicyclic amines) is 1. The van der Waals surface area contributed by atoms with E-state index in [1.54, 1.807) is 6.20 Å². The van der Waals surface area contributed by atoms with Crippen LogP contribution in [0.3, 0.4) is 0 Å². The van der Waals surface area contributed by atoms with Crippen LogP contribution in [-0.4, -0.2) is 39.9 Å². The molecule has 0 aliphatic carbocycles. The van der Waals surface area contributed by atoms with Crippen molar-refractivity contribution in [3.63, 3.8) is 0 Å². The van der Waals surface area contributed by atoms with Crippen molar-refractivity contribution in [3.8, 4) is 0 Å². The van der Waals surface area contributed by atoms with Gasteiger partial charge in [0.1, 0.15) is 5.82 Å². The maximum Gasteiger partial charge on any atom is 0.225 e. The third-order valence-electron chi connectivity index (χ3n) is 4.15. The summed E-state index contributed by atoms with van der Waals surface area (Å²) >= 11 is 0. The molecule has 2 atom stereocenters. The highest BCUT2D eigenvalue weighted by Crippen LogP contribution is 2.22. The van der Waals surface area contributed by atoms with E-state index in [1.807, 2.05) is 24.9 Å². The first-order valence-corrected chi connectivity index (χ1v) is 7.62. The third-order valence-corrected chi connectivity index (χ3v) is 4.15. The predicted molar refractivity (Wildman–Crippen MR) is 79.0 cm³/mol. The third kappa shape index (κ3) is 3.60. The Balaban J connectivity index is 1.88. The Morgan fingerprint density at radius 1 is 1.60 bits per heavy atom. The lowest BCUT2D eigenvalue weighted by Crippen LogP contribution is -2.51. The first kappa shape index (κ1) is 15.0. The summed E-state index contributed by atoms with van der Waals surface area (Å²) in [6.45, 7) is 8.67. The van der Waals surface area contributed by atoms with Crippen molar-refractivity contribution in [2.24, 2.45) is 11.8 Å². The van der Waals surface area contributed by atoms with E-state index < -0.39 is 0 Å². The molecule has 1 amide bonds. The number of carbonyl (C=O) groups is 1. The van der Waals surface area contributed by atoms with Crippen molar-refractivity contribution >= 4 is 5.91 Å². The standard InChI is InChI=1S/C15H26N4O/c1-4-12-10-19(15(20)11(2)3)8-5-13(12)18-9-14-16-6-7-17-14/h6-7,11-13,18H,4-5,8-10H2,1-3H3,(H,16,17)/t12-,13+/m1/s1. The molecule has 0 bridgehead atoms. The molecule has 1 aromatic rings. The lowest BCUT2D eigenvalue weighted by Gasteiger charge is -2.39. The summed E-state index contributed by atoms with van der Waals surface area (Å²) in [4.78, 5) is 21.5. The zero-order valence-electron chi connectivity index (χ0n) is 12.7. The lowest BCUT2D eigenvalue weighted by molar-refractivity contribution is -0.136. The Labute approximate surface area is 121 Å². The molecule has 1 aliphatic heterocycles. The minimum Gasteiger partial charge on any atom is -0.348 e. The number of nitrogens with zero attached hydrogens (tertiary/aromatic N) is 2. The summed E-state index contributed by atoms with van der Waals surface area (Å²) in [7, 11) is 0. The Bertz CT molecular complexity index is 416. The first-order chi connectivity index (χ1) is 9.61. The van der Waals surface area contributed by atoms with Gasteiger partial charge in [-0.05, 0) is 12.3 Å². The highest BCUT2D eigenvalue weighted by atomic mass is 16.2. The van der Waals surface area contributed by atoms with E-state index in [2.05, 4.69) is 22.2 Å². The summed E-state index contributed by atoms with van der Waals surface area (Å²) in [6, 6.07) is 0.473. The van der Waals surface area contributed by atoms with E-state index in [-0.39, 0.29) is 11.8 Å². The normalized spacial score (nSPS) is 23.3. The summed E-state index contributed by atoms with van der Waals surface area (Å²) in [6.07, 6.45) is 5.74. The number of piperidine rings is 1. The molecule has 1 aliphatic rings. The zero-order valence-corrected chi connectivity index (χ0v) is 12.7. The van der Waals surface area contributed by atoms with Crippen LogP contribution in [0.5, 0.6) is 0 Å². The van der Waals surface area contributed by atoms with E-state index in [1.165, 1.54) is 0 Å². The van der Waals surface area contributed by atoms with Gasteiger partial charge in [0.2, 0.25) is 5.91 Å². The monoisotopic (exact) mass is 278 g/mol. The fourth-order valence-electron chi connectivity index (χ4n) is 2.90. The molecule has 0 spiro atoms. The van der Waals surface area contributed by atoms with Crippen LogP contribution >= 0.6 is 0 Å². The quantitative estimate of drug-likeness (QED) is 0.863. The molecule has 0 unspecified atom stereocenters. The molecule has 112 valence electrons. The van der Waals surface area contributed by atoms with Gasteiger partial charge in [0.25, 0.3) is 0 Å². The van der Waals surface area contributed by atoms with Crippen molar-refractivity contribution in [1.29, 1.82) is 0 Å². The number of hydrogen-bond donors (Lipinski definition) is 2. The average molecular weight is 278 g/mol. The van der Waals surface area contributed by atoms with Crippen LogP contribution in [-0.2, 0) is 11.3 Å². The lowest BCUT2D eigenvalue weighted by atomic mass is 9.89. The predicted octanol–water partition coefficient (Wildman–Crippen LogP) is 1.78. The van der Waals surface area contributed by atoms with Crippen molar-refractivity contribution in [1.82, 2.24) is 20.2 Å². The molecule has 1 saturated heterocycles. The minimum atomic E-state index is 0.0973. The number of H-pyrrole nitrogens is 1. The van der Waals surface area contributed by atoms with Crippen LogP contribution in [0.1, 0.15) is 39.4 Å². The van der Waals surface area contributed by atoms with Crippen LogP contribution in [0.4, 0.5) is 0 Å². The van der Waals surface area contributed by atoms with Gasteiger partial charge < -0.3 is 15.2 Å². The Morgan fingerprint density at radius 2 is 2.40 bits per heavy atom. The number of aromatic amines is 1. The smallest absolute Gasteiger partial charge is 0.225 e. The van der Waals surface area contributed by atoms with Gasteiger partial charge in [-0.15, -0.1) is 0 Å². The molecule has 5 nitrogen and oxygen atoms in total. The average Bonchev–Trinajstić information content (AvgIpc) is 2.97. The Kier molecular flexibility index (Phi) is 5.17. The van der Waals surface area contributed by atoms with Crippen LogP contribution in [0.25, 0.3) is 0 Å². The largest absolute Gasteiger partial charge is 0.348 e. The van der Waals surface area contributed by atoms with Crippen molar-refractivity contribution < 1.29 is 4.79 Å². The molecule has 2 heterocycles. The van der Waals surface area contributed by atoms with Gasteiger partial charge in [-0.2, -0.15) is 0 Å². The number of aromatic nitrogens is 2. The van der Waals surface area contributed by atoms with Gasteiger partial charge in [0.05, 0.1) is 6.54 Å². The van der Waals surface area contributed by atoms with Crippen LogP contribution in [0.15, 0.2) is 12.4 Å². The molecular weight excluding hydrogens is 252 g/mol. The number of rotatable bonds is 5. The number of carbonyl (C=O) groups excluding carboxylic acids is 1. The maximum atomic E-state index is 12.1. The number of imidazole rings is 1. The molecule has 1 fully saturated rings. The maximum absolute atomic E-state index is 12.1. The van der Waals surface area contributed by atoms with Gasteiger partial charge in [0, 0.05) is 37.4 Å². The topological polar surface area (TPSA) is 61.0 Å². The summed E-state index contributed by atoms with van der Waals surface area (Å²) in [5.74, 6) is 1.88. The van der Waals surface area contributed by atoms with E-state index in [0.29, 0.717) is 12.0 Å². The second-order valence-electron chi connectivity index (χ2n) is 5.92. The summed E-state index contributed by atoms with van der Waals surface area (Å²) < 4.78 is 0. The molecule has 1 aromatic heterocycles. The van der Waals surface area contributed by atoms with Crippen molar-refractivity contribution in [2.75, 3.05) is 13.1 Å². The summed E-state index contributed by atoms with van der Waals surface area (Å²) in [5, 5.41) is 3.58. The zero-order chi connectivity index (χ0) is 14.5. The van der Waals surface area contributed by atoms with Gasteiger partial charge in [-0.1, -0.05) is 27.2 Å². The molecule has 2 N–H and O–H groups in total. The van der Waals surface area contributed by atoms with E-state index in [4.69, 9.17) is 0 Å². The highest BCUT2D eigenvalue weighted by molar-refractivity contribution is 5.78. The molecule has 2 rings (SSSR count). The minimum absolute atomic E-state index is 0.0973. The van der Waals surface area contributed by atoms with E-state index in [9.17, 15) is 4.79 Å². The molecule has 0 radical (unpaired) electrons. The number of nitrogens with one attached hydrogen (secondary N) is 2. The van der Waals surface area contributed by atoms with Crippen LogP contribution in [0.2, 0.25) is 0 Å². The van der Waals surface area contributed by atoms with Crippen LogP contribution in [0, 0.1) is 11.8 Å². The SMILES string of the molecule is CC[C@@H]1CN(C(=O)C(C)C)CC[C@@H]1NCc1ncc[nH]1. The number of hydrogen-bond acceptors (Lipinski definition) is 3. The van der Waals surface area contributed by atoms with Gasteiger partial charge in [-0.3, -0.25) is 4.79 Å². The van der Waals surface area contributed by atoms with Gasteiger partial charge in [-0.25, -0.2) is 4.98 Å². The molecule has 0 aromatic carbocycles. The molecular formula is C15H26N4O. The van der Waals surface area contributed by atoms with E-state index >= 15 is 0 Å². The van der Waals surface area contributed by atoms with E-state index in [0.717, 1.165) is 38.3 Å². The second-order valence-corrected chi connectivity index (χ2v) is 5.92. The second kappa shape index (κ2) is 6.88. The molecule has 20 heavy (non-hydrogen) atoms. The van der Waals surface area contributed by atoms with Crippen LogP contribution < -0.4 is 5.32 Å². The fourth-order valence-corrected chi connectivity index (χ4v) is 2.90. The van der Waals surface area contributed by atoms with Gasteiger partial charge in [0.15, 0.2) is 0 Å². The van der Waals surface area contributed by atoms with Crippen molar-refractivity contribution in [3.05, 3.63) is 18.2 Å². The Morgan fingerprint density at radius 3 is 3.00 bits per heavy atom. The first-order valence-electron chi connectivity index (χ1n) is 7.62.